The Morgan fingerprint density at radius 2 is 1.47 bits per heavy atom. The van der Waals surface area contributed by atoms with Crippen molar-refractivity contribution in [2.24, 2.45) is 5.73 Å². The molecule has 0 radical (unpaired) electrons. The molecule has 30 heavy (non-hydrogen) atoms. The first kappa shape index (κ1) is 29.4. The topological polar surface area (TPSA) is 161 Å². The molecule has 4 rings (SSSR count). The van der Waals surface area contributed by atoms with Crippen LogP contribution >= 0.6 is 0 Å². The number of rotatable bonds is 3. The smallest absolute Gasteiger partial charge is 0.870 e. The third-order valence-electron chi connectivity index (χ3n) is 4.07. The Morgan fingerprint density at radius 1 is 0.967 bits per heavy atom. The van der Waals surface area contributed by atoms with Crippen LogP contribution in [0.25, 0.3) is 0 Å². The van der Waals surface area contributed by atoms with E-state index in [9.17, 15) is 14.4 Å². The Bertz CT molecular complexity index is 904. The van der Waals surface area contributed by atoms with Gasteiger partial charge in [-0.2, -0.15) is 0 Å². The number of carboxylic acids is 1. The van der Waals surface area contributed by atoms with E-state index in [1.807, 2.05) is 12.1 Å². The number of carbonyl (C=O) groups is 3. The number of aromatic carboxylic acids is 1. The number of carboxylic acid groups (broad SMARTS) is 1. The first-order valence-corrected chi connectivity index (χ1v) is 7.89. The first-order valence-electron chi connectivity index (χ1n) is 7.89. The van der Waals surface area contributed by atoms with Crippen molar-refractivity contribution < 1.29 is 48.6 Å². The van der Waals surface area contributed by atoms with Gasteiger partial charge in [0.25, 0.3) is 11.8 Å². The number of nitrogens with two attached hydrogens (primary N) is 1. The average molecular weight is 411 g/mol. The molecule has 2 amide bonds. The van der Waals surface area contributed by atoms with E-state index in [1.165, 1.54) is 6.07 Å². The van der Waals surface area contributed by atoms with Crippen LogP contribution in [0.3, 0.4) is 0 Å². The van der Waals surface area contributed by atoms with E-state index >= 15 is 0 Å². The van der Waals surface area contributed by atoms with Gasteiger partial charge < -0.3 is 26.0 Å². The predicted octanol–water partition coefficient (Wildman–Crippen LogP) is -1.05. The van der Waals surface area contributed by atoms with Crippen molar-refractivity contribution in [2.45, 2.75) is 27.9 Å². The van der Waals surface area contributed by atoms with Crippen LogP contribution in [0.5, 0.6) is 5.75 Å². The van der Waals surface area contributed by atoms with E-state index in [0.717, 1.165) is 11.1 Å². The molecule has 0 atom stereocenters. The maximum Gasteiger partial charge on any atom is 1.00 e. The zero-order chi connectivity index (χ0) is 18.7. The molecule has 158 valence electrons. The Hall–Kier alpha value is -2.83. The van der Waals surface area contributed by atoms with Gasteiger partial charge in [0.1, 0.15) is 12.5 Å². The van der Waals surface area contributed by atoms with Crippen LogP contribution in [0.15, 0.2) is 36.4 Å². The standard InChI is InChI=1S/C9H10N2O2.C9H7NO3.2CH4.Li.H2O/c10-5-13-7-3-1-2-6-4-11-9(12)8(6)7;11-8-7-5(4-10-8)2-1-3-6(7)9(12)13;;;;/h1-3H,4-5,10H2,(H,11,12);1-3H,4H2,(H,10,11)(H,12,13);2*1H4;;1H2/q;;;;+1;/p-1. The van der Waals surface area contributed by atoms with E-state index < -0.39 is 5.97 Å². The molecule has 2 aliphatic heterocycles. The van der Waals surface area contributed by atoms with Crippen molar-refractivity contribution in [1.29, 1.82) is 0 Å². The van der Waals surface area contributed by atoms with E-state index in [2.05, 4.69) is 10.6 Å². The first-order chi connectivity index (χ1) is 12.5. The number of hydrogen-bond donors (Lipinski definition) is 4. The molecule has 0 saturated heterocycles. The second kappa shape index (κ2) is 12.7. The Kier molecular flexibility index (Phi) is 12.4. The molecular formula is C20H26LiN3O6. The number of nitrogens with one attached hydrogen (secondary N) is 2. The van der Waals surface area contributed by atoms with Crippen LogP contribution in [0.2, 0.25) is 0 Å². The molecular weight excluding hydrogens is 385 g/mol. The fraction of sp³-hybridized carbons (Fsp3) is 0.250. The van der Waals surface area contributed by atoms with Gasteiger partial charge in [-0.3, -0.25) is 15.3 Å². The molecule has 10 heteroatoms. The van der Waals surface area contributed by atoms with Crippen molar-refractivity contribution in [2.75, 3.05) is 6.73 Å². The molecule has 6 N–H and O–H groups in total. The van der Waals surface area contributed by atoms with E-state index in [4.69, 9.17) is 15.6 Å². The number of hydrogen-bond acceptors (Lipinski definition) is 6. The monoisotopic (exact) mass is 411 g/mol. The normalized spacial score (nSPS) is 11.9. The molecule has 0 bridgehead atoms. The maximum atomic E-state index is 11.3. The molecule has 2 aromatic rings. The van der Waals surface area contributed by atoms with Crippen LogP contribution < -0.4 is 40.0 Å². The summed E-state index contributed by atoms with van der Waals surface area (Å²) >= 11 is 0. The number of amides is 2. The van der Waals surface area contributed by atoms with Crippen LogP contribution in [-0.2, 0) is 13.1 Å². The van der Waals surface area contributed by atoms with Gasteiger partial charge in [-0.05, 0) is 23.3 Å². The van der Waals surface area contributed by atoms with Crippen LogP contribution in [0.4, 0.5) is 0 Å². The Balaban J connectivity index is 0. The number of ether oxygens (including phenoxy) is 1. The number of carbonyl (C=O) groups excluding carboxylic acids is 2. The van der Waals surface area contributed by atoms with Crippen molar-refractivity contribution in [3.63, 3.8) is 0 Å². The molecule has 2 heterocycles. The van der Waals surface area contributed by atoms with Gasteiger partial charge in [-0.25, -0.2) is 4.79 Å². The van der Waals surface area contributed by atoms with Crippen molar-refractivity contribution in [3.05, 3.63) is 64.2 Å². The minimum absolute atomic E-state index is 0. The molecule has 0 aromatic heterocycles. The summed E-state index contributed by atoms with van der Waals surface area (Å²) in [5, 5.41) is 14.1. The fourth-order valence-corrected chi connectivity index (χ4v) is 2.91. The van der Waals surface area contributed by atoms with Crippen molar-refractivity contribution in [1.82, 2.24) is 10.6 Å². The van der Waals surface area contributed by atoms with Crippen molar-refractivity contribution in [3.8, 4) is 5.75 Å². The second-order valence-electron chi connectivity index (χ2n) is 5.61. The summed E-state index contributed by atoms with van der Waals surface area (Å²) in [6.45, 7) is 1.09. The summed E-state index contributed by atoms with van der Waals surface area (Å²) in [6.07, 6.45) is 0. The minimum atomic E-state index is -1.06. The average Bonchev–Trinajstić information content (AvgIpc) is 3.20. The second-order valence-corrected chi connectivity index (χ2v) is 5.61. The van der Waals surface area contributed by atoms with Crippen LogP contribution in [-0.4, -0.2) is 35.1 Å². The van der Waals surface area contributed by atoms with Gasteiger partial charge in [-0.1, -0.05) is 39.1 Å². The summed E-state index contributed by atoms with van der Waals surface area (Å²) in [5.74, 6) is -0.879. The third-order valence-corrected chi connectivity index (χ3v) is 4.07. The summed E-state index contributed by atoms with van der Waals surface area (Å²) in [6, 6.07) is 10.3. The van der Waals surface area contributed by atoms with Gasteiger partial charge in [0.05, 0.1) is 16.7 Å². The third kappa shape index (κ3) is 5.84. The summed E-state index contributed by atoms with van der Waals surface area (Å²) in [4.78, 5) is 33.3. The molecule has 0 aliphatic carbocycles. The number of fused-ring (bicyclic) bond motifs is 2. The SMILES string of the molecule is C.C.NCOc1cccc2c1C(=O)NC2.O=C(O)c1cccc2c1C(=O)NC2.[Li+].[OH-]. The maximum absolute atomic E-state index is 11.3. The molecule has 0 saturated carbocycles. The van der Waals surface area contributed by atoms with Crippen LogP contribution in [0.1, 0.15) is 57.1 Å². The van der Waals surface area contributed by atoms with Gasteiger partial charge in [0, 0.05) is 13.1 Å². The largest absolute Gasteiger partial charge is 1.00 e. The van der Waals surface area contributed by atoms with Crippen LogP contribution in [0, 0.1) is 0 Å². The molecule has 0 unspecified atom stereocenters. The van der Waals surface area contributed by atoms with E-state index in [-0.39, 0.29) is 63.3 Å². The fourth-order valence-electron chi connectivity index (χ4n) is 2.91. The quantitative estimate of drug-likeness (QED) is 0.370. The molecule has 2 aromatic carbocycles. The van der Waals surface area contributed by atoms with Gasteiger partial charge in [0.2, 0.25) is 0 Å². The Labute approximate surface area is 187 Å². The minimum Gasteiger partial charge on any atom is -0.870 e. The zero-order valence-corrected chi connectivity index (χ0v) is 15.2. The molecule has 2 aliphatic rings. The summed E-state index contributed by atoms with van der Waals surface area (Å²) in [5.41, 5.74) is 7.96. The zero-order valence-electron chi connectivity index (χ0n) is 15.2. The molecule has 9 nitrogen and oxygen atoms in total. The summed E-state index contributed by atoms with van der Waals surface area (Å²) in [7, 11) is 0. The molecule has 0 fully saturated rings. The number of benzene rings is 2. The van der Waals surface area contributed by atoms with Gasteiger partial charge in [-0.15, -0.1) is 0 Å². The van der Waals surface area contributed by atoms with E-state index in [0.29, 0.717) is 30.0 Å². The predicted molar refractivity (Wildman–Crippen MR) is 107 cm³/mol. The Morgan fingerprint density at radius 3 is 2.00 bits per heavy atom. The van der Waals surface area contributed by atoms with Crippen molar-refractivity contribution >= 4 is 17.8 Å². The molecule has 0 spiro atoms. The van der Waals surface area contributed by atoms with E-state index in [1.54, 1.807) is 18.2 Å². The van der Waals surface area contributed by atoms with Gasteiger partial charge >= 0.3 is 24.8 Å². The summed E-state index contributed by atoms with van der Waals surface area (Å²) < 4.78 is 5.14. The van der Waals surface area contributed by atoms with Gasteiger partial charge in [0.15, 0.2) is 0 Å².